The van der Waals surface area contributed by atoms with Gasteiger partial charge in [-0.2, -0.15) is 0 Å². The molecule has 96 valence electrons. The third kappa shape index (κ3) is 3.63. The number of benzene rings is 1. The first-order valence-electron chi connectivity index (χ1n) is 5.59. The summed E-state index contributed by atoms with van der Waals surface area (Å²) in [6.45, 7) is 7.52. The van der Waals surface area contributed by atoms with Gasteiger partial charge in [-0.15, -0.1) is 0 Å². The highest BCUT2D eigenvalue weighted by atomic mass is 32.2. The van der Waals surface area contributed by atoms with Crippen LogP contribution in [0.1, 0.15) is 25.0 Å². The second kappa shape index (κ2) is 4.96. The van der Waals surface area contributed by atoms with Crippen LogP contribution in [0.4, 0.5) is 11.4 Å². The Balaban J connectivity index is 3.08. The van der Waals surface area contributed by atoms with Gasteiger partial charge in [-0.05, 0) is 37.0 Å². The van der Waals surface area contributed by atoms with E-state index in [1.54, 1.807) is 6.07 Å². The number of nitrogens with one attached hydrogen (secondary N) is 1. The highest BCUT2D eigenvalue weighted by molar-refractivity contribution is 7.92. The molecule has 0 aliphatic carbocycles. The van der Waals surface area contributed by atoms with E-state index in [0.29, 0.717) is 11.4 Å². The van der Waals surface area contributed by atoms with Crippen LogP contribution in [-0.4, -0.2) is 14.2 Å². The van der Waals surface area contributed by atoms with Crippen molar-refractivity contribution in [3.63, 3.8) is 0 Å². The summed E-state index contributed by atoms with van der Waals surface area (Å²) in [5, 5.41) is 0. The Labute approximate surface area is 103 Å². The van der Waals surface area contributed by atoms with Gasteiger partial charge in [0, 0.05) is 0 Å². The van der Waals surface area contributed by atoms with Crippen molar-refractivity contribution in [2.24, 2.45) is 5.92 Å². The smallest absolute Gasteiger partial charge is 0.233 e. The minimum Gasteiger partial charge on any atom is -0.397 e. The lowest BCUT2D eigenvalue weighted by molar-refractivity contribution is 0.587. The quantitative estimate of drug-likeness (QED) is 0.812. The van der Waals surface area contributed by atoms with Crippen molar-refractivity contribution >= 4 is 21.4 Å². The summed E-state index contributed by atoms with van der Waals surface area (Å²) in [6, 6.07) is 3.60. The first kappa shape index (κ1) is 13.8. The van der Waals surface area contributed by atoms with Crippen LogP contribution in [0.3, 0.4) is 0 Å². The van der Waals surface area contributed by atoms with Gasteiger partial charge in [0.25, 0.3) is 0 Å². The van der Waals surface area contributed by atoms with E-state index in [1.165, 1.54) is 0 Å². The van der Waals surface area contributed by atoms with Crippen LogP contribution in [0.2, 0.25) is 0 Å². The summed E-state index contributed by atoms with van der Waals surface area (Å²) < 4.78 is 26.3. The average Bonchev–Trinajstić information content (AvgIpc) is 2.17. The Morgan fingerprint density at radius 1 is 1.29 bits per heavy atom. The fourth-order valence-corrected chi connectivity index (χ4v) is 3.15. The predicted molar refractivity (Wildman–Crippen MR) is 72.6 cm³/mol. The molecule has 5 heteroatoms. The number of rotatable bonds is 4. The second-order valence-electron chi connectivity index (χ2n) is 4.75. The molecule has 1 aromatic carbocycles. The molecule has 0 heterocycles. The molecule has 0 fully saturated rings. The molecule has 0 aliphatic rings. The lowest BCUT2D eigenvalue weighted by Gasteiger charge is -2.15. The van der Waals surface area contributed by atoms with Crippen LogP contribution >= 0.6 is 0 Å². The van der Waals surface area contributed by atoms with Gasteiger partial charge in [-0.25, -0.2) is 8.42 Å². The van der Waals surface area contributed by atoms with E-state index < -0.39 is 10.0 Å². The van der Waals surface area contributed by atoms with Crippen LogP contribution in [-0.2, 0) is 10.0 Å². The Morgan fingerprint density at radius 3 is 2.41 bits per heavy atom. The van der Waals surface area contributed by atoms with Crippen molar-refractivity contribution in [2.75, 3.05) is 16.2 Å². The third-order valence-electron chi connectivity index (χ3n) is 2.58. The molecule has 0 amide bonds. The van der Waals surface area contributed by atoms with Crippen molar-refractivity contribution in [1.29, 1.82) is 0 Å². The van der Waals surface area contributed by atoms with E-state index in [2.05, 4.69) is 4.72 Å². The normalized spacial score (nSPS) is 11.8. The highest BCUT2D eigenvalue weighted by Gasteiger charge is 2.16. The van der Waals surface area contributed by atoms with Gasteiger partial charge >= 0.3 is 0 Å². The monoisotopic (exact) mass is 256 g/mol. The molecule has 3 N–H and O–H groups in total. The number of aryl methyl sites for hydroxylation is 1. The van der Waals surface area contributed by atoms with Gasteiger partial charge in [-0.3, -0.25) is 4.72 Å². The molecule has 0 saturated carbocycles. The molecule has 0 aliphatic heterocycles. The standard InChI is InChI=1S/C12H20N2O2S/c1-8(2)7-17(15,16)14-12-10(4)9(3)5-6-11(12)13/h5-6,8,14H,7,13H2,1-4H3. The average molecular weight is 256 g/mol. The lowest BCUT2D eigenvalue weighted by atomic mass is 10.1. The fraction of sp³-hybridized carbons (Fsp3) is 0.500. The molecule has 0 unspecified atom stereocenters. The zero-order valence-corrected chi connectivity index (χ0v) is 11.6. The predicted octanol–water partition coefficient (Wildman–Crippen LogP) is 2.28. The first-order chi connectivity index (χ1) is 7.73. The molecule has 0 radical (unpaired) electrons. The van der Waals surface area contributed by atoms with Crippen molar-refractivity contribution in [3.8, 4) is 0 Å². The first-order valence-corrected chi connectivity index (χ1v) is 7.24. The van der Waals surface area contributed by atoms with Gasteiger partial charge in [0.05, 0.1) is 17.1 Å². The minimum absolute atomic E-state index is 0.0823. The molecule has 1 rings (SSSR count). The van der Waals surface area contributed by atoms with E-state index in [9.17, 15) is 8.42 Å². The maximum absolute atomic E-state index is 11.9. The minimum atomic E-state index is -3.33. The maximum Gasteiger partial charge on any atom is 0.233 e. The van der Waals surface area contributed by atoms with Crippen LogP contribution in [0.5, 0.6) is 0 Å². The van der Waals surface area contributed by atoms with Gasteiger partial charge < -0.3 is 5.73 Å². The number of hydrogen-bond acceptors (Lipinski definition) is 3. The Morgan fingerprint density at radius 2 is 1.88 bits per heavy atom. The van der Waals surface area contributed by atoms with Crippen LogP contribution < -0.4 is 10.5 Å². The lowest BCUT2D eigenvalue weighted by Crippen LogP contribution is -2.21. The summed E-state index contributed by atoms with van der Waals surface area (Å²) in [6.07, 6.45) is 0. The van der Waals surface area contributed by atoms with Crippen LogP contribution in [0, 0.1) is 19.8 Å². The molecule has 1 aromatic rings. The molecule has 4 nitrogen and oxygen atoms in total. The Hall–Kier alpha value is -1.23. The van der Waals surface area contributed by atoms with E-state index >= 15 is 0 Å². The van der Waals surface area contributed by atoms with Crippen molar-refractivity contribution in [1.82, 2.24) is 0 Å². The van der Waals surface area contributed by atoms with Crippen molar-refractivity contribution in [3.05, 3.63) is 23.3 Å². The summed E-state index contributed by atoms with van der Waals surface area (Å²) in [5.41, 5.74) is 8.65. The molecule has 0 bridgehead atoms. The van der Waals surface area contributed by atoms with Crippen molar-refractivity contribution in [2.45, 2.75) is 27.7 Å². The maximum atomic E-state index is 11.9. The number of hydrogen-bond donors (Lipinski definition) is 2. The number of sulfonamides is 1. The van der Waals surface area contributed by atoms with E-state index in [1.807, 2.05) is 33.8 Å². The molecule has 17 heavy (non-hydrogen) atoms. The topological polar surface area (TPSA) is 72.2 Å². The molecular formula is C12H20N2O2S. The second-order valence-corrected chi connectivity index (χ2v) is 6.52. The zero-order valence-electron chi connectivity index (χ0n) is 10.7. The summed E-state index contributed by atoms with van der Waals surface area (Å²) in [7, 11) is -3.33. The van der Waals surface area contributed by atoms with E-state index in [0.717, 1.165) is 11.1 Å². The summed E-state index contributed by atoms with van der Waals surface area (Å²) >= 11 is 0. The molecule has 0 aromatic heterocycles. The molecule has 0 spiro atoms. The number of anilines is 2. The van der Waals surface area contributed by atoms with Crippen molar-refractivity contribution < 1.29 is 8.42 Å². The number of nitrogens with two attached hydrogens (primary N) is 1. The number of nitrogen functional groups attached to an aromatic ring is 1. The van der Waals surface area contributed by atoms with Gasteiger partial charge in [-0.1, -0.05) is 19.9 Å². The summed E-state index contributed by atoms with van der Waals surface area (Å²) in [5.74, 6) is 0.179. The van der Waals surface area contributed by atoms with Gasteiger partial charge in [0.2, 0.25) is 10.0 Å². The SMILES string of the molecule is Cc1ccc(N)c(NS(=O)(=O)CC(C)C)c1C. The molecular weight excluding hydrogens is 236 g/mol. The largest absolute Gasteiger partial charge is 0.397 e. The van der Waals surface area contributed by atoms with Crippen LogP contribution in [0.15, 0.2) is 12.1 Å². The fourth-order valence-electron chi connectivity index (χ4n) is 1.61. The third-order valence-corrected chi connectivity index (χ3v) is 4.20. The van der Waals surface area contributed by atoms with E-state index in [4.69, 9.17) is 5.73 Å². The Bertz CT molecular complexity index is 507. The molecule has 0 saturated heterocycles. The van der Waals surface area contributed by atoms with Gasteiger partial charge in [0.15, 0.2) is 0 Å². The van der Waals surface area contributed by atoms with Crippen LogP contribution in [0.25, 0.3) is 0 Å². The molecule has 0 atom stereocenters. The Kier molecular flexibility index (Phi) is 4.03. The summed E-state index contributed by atoms with van der Waals surface area (Å²) in [4.78, 5) is 0. The van der Waals surface area contributed by atoms with E-state index in [-0.39, 0.29) is 11.7 Å². The van der Waals surface area contributed by atoms with Gasteiger partial charge in [0.1, 0.15) is 0 Å². The zero-order chi connectivity index (χ0) is 13.2. The highest BCUT2D eigenvalue weighted by Crippen LogP contribution is 2.27.